The maximum absolute atomic E-state index is 14.0. The highest BCUT2D eigenvalue weighted by atomic mass is 19.4. The summed E-state index contributed by atoms with van der Waals surface area (Å²) < 4.78 is 82.2. The Morgan fingerprint density at radius 1 is 1.15 bits per heavy atom. The standard InChI is InChI=1S/C27H36F5N3O4/c1-15(2)34-14-33-21-8-19(7-20(22(21)34)27(30,31)32)38-13-18-12-25(37,17-10-26(28,29)11-17)9-16(3)35(18)23(36)39-24(4,5)6/h7-8,14-18,37H,9-13H2,1-6H3/t16-,18-,25-/m0/s1. The summed E-state index contributed by atoms with van der Waals surface area (Å²) in [5, 5.41) is 11.4. The van der Waals surface area contributed by atoms with Gasteiger partial charge in [0.2, 0.25) is 5.92 Å². The third-order valence-electron chi connectivity index (χ3n) is 7.51. The zero-order chi connectivity index (χ0) is 29.1. The van der Waals surface area contributed by atoms with E-state index < -0.39 is 65.8 Å². The van der Waals surface area contributed by atoms with E-state index >= 15 is 0 Å². The third-order valence-corrected chi connectivity index (χ3v) is 7.51. The lowest BCUT2D eigenvalue weighted by atomic mass is 9.64. The Labute approximate surface area is 224 Å². The molecule has 0 spiro atoms. The summed E-state index contributed by atoms with van der Waals surface area (Å²) in [5.74, 6) is -3.61. The van der Waals surface area contributed by atoms with E-state index in [1.807, 2.05) is 0 Å². The molecule has 1 N–H and O–H groups in total. The van der Waals surface area contributed by atoms with Gasteiger partial charge in [-0.25, -0.2) is 18.6 Å². The number of hydrogen-bond acceptors (Lipinski definition) is 5. The van der Waals surface area contributed by atoms with Crippen LogP contribution in [0.2, 0.25) is 0 Å². The van der Waals surface area contributed by atoms with Crippen LogP contribution < -0.4 is 4.74 Å². The lowest BCUT2D eigenvalue weighted by molar-refractivity contribution is -0.200. The van der Waals surface area contributed by atoms with Gasteiger partial charge in [0.25, 0.3) is 0 Å². The molecule has 218 valence electrons. The van der Waals surface area contributed by atoms with E-state index in [9.17, 15) is 31.9 Å². The highest BCUT2D eigenvalue weighted by Gasteiger charge is 2.58. The fraction of sp³-hybridized carbons (Fsp3) is 0.704. The number of ether oxygens (including phenoxy) is 2. The topological polar surface area (TPSA) is 76.8 Å². The van der Waals surface area contributed by atoms with Crippen LogP contribution >= 0.6 is 0 Å². The number of hydrogen-bond donors (Lipinski definition) is 1. The van der Waals surface area contributed by atoms with Crippen molar-refractivity contribution in [2.75, 3.05) is 6.61 Å². The average molecular weight is 562 g/mol. The number of fused-ring (bicyclic) bond motifs is 1. The Morgan fingerprint density at radius 2 is 1.79 bits per heavy atom. The number of alkyl halides is 5. The molecule has 0 bridgehead atoms. The van der Waals surface area contributed by atoms with E-state index in [1.165, 1.54) is 21.9 Å². The Bertz CT molecular complexity index is 1210. The van der Waals surface area contributed by atoms with Crippen LogP contribution in [-0.4, -0.2) is 61.5 Å². The predicted molar refractivity (Wildman–Crippen MR) is 134 cm³/mol. The number of amides is 1. The fourth-order valence-corrected chi connectivity index (χ4v) is 5.75. The van der Waals surface area contributed by atoms with E-state index in [0.29, 0.717) is 0 Å². The molecule has 1 aliphatic carbocycles. The van der Waals surface area contributed by atoms with E-state index in [0.717, 1.165) is 6.07 Å². The molecule has 39 heavy (non-hydrogen) atoms. The average Bonchev–Trinajstić information content (AvgIpc) is 3.17. The van der Waals surface area contributed by atoms with Gasteiger partial charge >= 0.3 is 12.3 Å². The number of nitrogens with zero attached hydrogens (tertiary/aromatic N) is 3. The van der Waals surface area contributed by atoms with Crippen molar-refractivity contribution in [1.29, 1.82) is 0 Å². The zero-order valence-corrected chi connectivity index (χ0v) is 23.0. The summed E-state index contributed by atoms with van der Waals surface area (Å²) in [6, 6.07) is 0.612. The Hall–Kier alpha value is -2.63. The molecule has 12 heteroatoms. The molecule has 2 aliphatic rings. The van der Waals surface area contributed by atoms with Gasteiger partial charge in [0.1, 0.15) is 18.0 Å². The highest BCUT2D eigenvalue weighted by Crippen LogP contribution is 2.52. The van der Waals surface area contributed by atoms with Crippen LogP contribution in [0.15, 0.2) is 18.5 Å². The van der Waals surface area contributed by atoms with Crippen molar-refractivity contribution in [3.05, 3.63) is 24.0 Å². The molecule has 1 aliphatic heterocycles. The molecule has 2 fully saturated rings. The first-order valence-electron chi connectivity index (χ1n) is 13.1. The zero-order valence-electron chi connectivity index (χ0n) is 23.0. The van der Waals surface area contributed by atoms with Crippen LogP contribution in [0.1, 0.15) is 78.8 Å². The fourth-order valence-electron chi connectivity index (χ4n) is 5.75. The Balaban J connectivity index is 1.64. The Morgan fingerprint density at radius 3 is 2.33 bits per heavy atom. The SMILES string of the molecule is CC(C)n1cnc2cc(OC[C@@H]3C[C@](O)(C4CC(F)(F)C4)C[C@H](C)N3C(=O)OC(C)(C)C)cc(C(F)(F)F)c21. The minimum Gasteiger partial charge on any atom is -0.491 e. The van der Waals surface area contributed by atoms with Gasteiger partial charge in [0.15, 0.2) is 0 Å². The second-order valence-corrected chi connectivity index (χ2v) is 12.3. The minimum atomic E-state index is -4.68. The molecule has 1 amide bonds. The van der Waals surface area contributed by atoms with Crippen molar-refractivity contribution in [2.45, 2.75) is 109 Å². The monoisotopic (exact) mass is 561 g/mol. The number of benzene rings is 1. The molecule has 1 aromatic heterocycles. The summed E-state index contributed by atoms with van der Waals surface area (Å²) in [4.78, 5) is 18.7. The molecule has 1 saturated heterocycles. The minimum absolute atomic E-state index is 0.0631. The number of halogens is 5. The molecule has 7 nitrogen and oxygen atoms in total. The van der Waals surface area contributed by atoms with Gasteiger partial charge in [-0.3, -0.25) is 4.90 Å². The van der Waals surface area contributed by atoms with Crippen molar-refractivity contribution in [3.63, 3.8) is 0 Å². The summed E-state index contributed by atoms with van der Waals surface area (Å²) in [5.41, 5.74) is -3.18. The molecule has 1 aromatic carbocycles. The van der Waals surface area contributed by atoms with Crippen molar-refractivity contribution in [2.24, 2.45) is 5.92 Å². The largest absolute Gasteiger partial charge is 0.491 e. The third kappa shape index (κ3) is 6.10. The molecular formula is C27H36F5N3O4. The van der Waals surface area contributed by atoms with Gasteiger partial charge in [0, 0.05) is 37.4 Å². The molecule has 0 radical (unpaired) electrons. The van der Waals surface area contributed by atoms with E-state index in [2.05, 4.69) is 4.98 Å². The lowest BCUT2D eigenvalue weighted by Gasteiger charge is -2.53. The summed E-state index contributed by atoms with van der Waals surface area (Å²) >= 11 is 0. The normalized spacial score (nSPS) is 26.1. The molecular weight excluding hydrogens is 525 g/mol. The molecule has 2 aromatic rings. The Kier molecular flexibility index (Phi) is 7.36. The van der Waals surface area contributed by atoms with Crippen LogP contribution in [0.4, 0.5) is 26.7 Å². The summed E-state index contributed by atoms with van der Waals surface area (Å²) in [7, 11) is 0. The van der Waals surface area contributed by atoms with Crippen LogP contribution in [0, 0.1) is 5.92 Å². The van der Waals surface area contributed by atoms with Crippen LogP contribution in [0.5, 0.6) is 5.75 Å². The van der Waals surface area contributed by atoms with E-state index in [1.54, 1.807) is 41.5 Å². The number of rotatable bonds is 5. The van der Waals surface area contributed by atoms with Gasteiger partial charge in [-0.2, -0.15) is 13.2 Å². The molecule has 1 saturated carbocycles. The van der Waals surface area contributed by atoms with Crippen molar-refractivity contribution < 1.29 is 41.3 Å². The van der Waals surface area contributed by atoms with Crippen LogP contribution in [0.25, 0.3) is 11.0 Å². The number of aliphatic hydroxyl groups is 1. The van der Waals surface area contributed by atoms with Crippen molar-refractivity contribution >= 4 is 17.1 Å². The van der Waals surface area contributed by atoms with Crippen molar-refractivity contribution in [3.8, 4) is 5.75 Å². The van der Waals surface area contributed by atoms with Gasteiger partial charge < -0.3 is 19.1 Å². The first kappa shape index (κ1) is 29.4. The van der Waals surface area contributed by atoms with Gasteiger partial charge in [-0.05, 0) is 59.9 Å². The second-order valence-electron chi connectivity index (χ2n) is 12.3. The number of likely N-dealkylation sites (tertiary alicyclic amines) is 1. The van der Waals surface area contributed by atoms with Crippen LogP contribution in [-0.2, 0) is 10.9 Å². The second kappa shape index (κ2) is 9.78. The van der Waals surface area contributed by atoms with Crippen LogP contribution in [0.3, 0.4) is 0 Å². The van der Waals surface area contributed by atoms with Gasteiger partial charge in [-0.1, -0.05) is 0 Å². The summed E-state index contributed by atoms with van der Waals surface area (Å²) in [6.07, 6.45) is -4.93. The van der Waals surface area contributed by atoms with Gasteiger partial charge in [0.05, 0.1) is 34.6 Å². The quantitative estimate of drug-likeness (QED) is 0.418. The van der Waals surface area contributed by atoms with Gasteiger partial charge in [-0.15, -0.1) is 0 Å². The van der Waals surface area contributed by atoms with E-state index in [4.69, 9.17) is 9.47 Å². The molecule has 4 rings (SSSR count). The lowest BCUT2D eigenvalue weighted by Crippen LogP contribution is -2.63. The van der Waals surface area contributed by atoms with E-state index in [-0.39, 0.29) is 42.3 Å². The number of carbonyl (C=O) groups is 1. The predicted octanol–water partition coefficient (Wildman–Crippen LogP) is 6.58. The maximum atomic E-state index is 14.0. The number of piperidine rings is 1. The first-order valence-corrected chi connectivity index (χ1v) is 13.1. The molecule has 2 heterocycles. The highest BCUT2D eigenvalue weighted by molar-refractivity contribution is 5.81. The molecule has 0 unspecified atom stereocenters. The number of aromatic nitrogens is 2. The van der Waals surface area contributed by atoms with Crippen molar-refractivity contribution in [1.82, 2.24) is 14.5 Å². The number of carbonyl (C=O) groups excluding carboxylic acids is 1. The molecule has 3 atom stereocenters. The smallest absolute Gasteiger partial charge is 0.418 e. The maximum Gasteiger partial charge on any atom is 0.418 e. The number of imidazole rings is 1. The summed E-state index contributed by atoms with van der Waals surface area (Å²) in [6.45, 7) is 10.00. The first-order chi connectivity index (χ1) is 17.8.